The third-order valence-electron chi connectivity index (χ3n) is 3.62. The van der Waals surface area contributed by atoms with Crippen molar-refractivity contribution in [1.29, 1.82) is 10.5 Å². The van der Waals surface area contributed by atoms with Gasteiger partial charge in [-0.3, -0.25) is 4.98 Å². The summed E-state index contributed by atoms with van der Waals surface area (Å²) in [7, 11) is 1.47. The van der Waals surface area contributed by atoms with E-state index in [1.807, 2.05) is 12.1 Å². The molecule has 1 aromatic carbocycles. The van der Waals surface area contributed by atoms with Crippen molar-refractivity contribution in [3.05, 3.63) is 41.1 Å². The van der Waals surface area contributed by atoms with Crippen LogP contribution in [0.25, 0.3) is 11.3 Å². The molecular weight excluding hydrogens is 358 g/mol. The second-order valence-electron chi connectivity index (χ2n) is 6.96. The average molecular weight is 379 g/mol. The maximum Gasteiger partial charge on any atom is 0.407 e. The van der Waals surface area contributed by atoms with E-state index in [1.54, 1.807) is 32.9 Å². The summed E-state index contributed by atoms with van der Waals surface area (Å²) in [5.41, 5.74) is 7.87. The van der Waals surface area contributed by atoms with Crippen LogP contribution < -0.4 is 15.8 Å². The molecule has 0 radical (unpaired) electrons. The fourth-order valence-corrected chi connectivity index (χ4v) is 2.51. The molecule has 0 fully saturated rings. The molecule has 0 aliphatic rings. The Kier molecular flexibility index (Phi) is 6.07. The Morgan fingerprint density at radius 2 is 1.96 bits per heavy atom. The molecule has 1 aromatic heterocycles. The van der Waals surface area contributed by atoms with Gasteiger partial charge in [-0.05, 0) is 44.5 Å². The van der Waals surface area contributed by atoms with Crippen LogP contribution in [0.5, 0.6) is 5.75 Å². The average Bonchev–Trinajstić information content (AvgIpc) is 2.64. The molecule has 0 atom stereocenters. The Morgan fingerprint density at radius 3 is 2.54 bits per heavy atom. The van der Waals surface area contributed by atoms with Crippen LogP contribution in [-0.2, 0) is 11.3 Å². The highest BCUT2D eigenvalue weighted by Gasteiger charge is 2.19. The van der Waals surface area contributed by atoms with Gasteiger partial charge in [0.15, 0.2) is 0 Å². The number of anilines is 1. The summed E-state index contributed by atoms with van der Waals surface area (Å²) in [5, 5.41) is 21.1. The van der Waals surface area contributed by atoms with E-state index in [2.05, 4.69) is 10.3 Å². The molecule has 1 heterocycles. The molecule has 1 amide bonds. The molecule has 2 rings (SSSR count). The monoisotopic (exact) mass is 379 g/mol. The van der Waals surface area contributed by atoms with E-state index < -0.39 is 11.7 Å². The van der Waals surface area contributed by atoms with Gasteiger partial charge in [0.25, 0.3) is 0 Å². The van der Waals surface area contributed by atoms with Crippen LogP contribution in [0.1, 0.15) is 37.5 Å². The van der Waals surface area contributed by atoms with E-state index in [4.69, 9.17) is 20.5 Å². The van der Waals surface area contributed by atoms with Crippen LogP contribution in [0.4, 0.5) is 10.5 Å². The molecular formula is C20H21N5O3. The highest BCUT2D eigenvalue weighted by molar-refractivity contribution is 5.83. The molecule has 8 nitrogen and oxygen atoms in total. The van der Waals surface area contributed by atoms with Gasteiger partial charge in [-0.2, -0.15) is 10.5 Å². The van der Waals surface area contributed by atoms with Gasteiger partial charge in [-0.1, -0.05) is 0 Å². The predicted octanol–water partition coefficient (Wildman–Crippen LogP) is 3.11. The summed E-state index contributed by atoms with van der Waals surface area (Å²) in [5.74, 6) is 0.398. The van der Waals surface area contributed by atoms with Crippen molar-refractivity contribution in [2.45, 2.75) is 32.9 Å². The van der Waals surface area contributed by atoms with E-state index in [-0.39, 0.29) is 17.7 Å². The summed E-state index contributed by atoms with van der Waals surface area (Å²) in [6, 6.07) is 8.78. The van der Waals surface area contributed by atoms with Crippen LogP contribution in [0.2, 0.25) is 0 Å². The van der Waals surface area contributed by atoms with E-state index in [1.165, 1.54) is 19.4 Å². The van der Waals surface area contributed by atoms with Crippen LogP contribution in [-0.4, -0.2) is 23.8 Å². The normalized spacial score (nSPS) is 10.5. The van der Waals surface area contributed by atoms with Crippen molar-refractivity contribution < 1.29 is 14.3 Å². The number of aromatic nitrogens is 1. The maximum absolute atomic E-state index is 11.8. The topological polar surface area (TPSA) is 134 Å². The fourth-order valence-electron chi connectivity index (χ4n) is 2.51. The van der Waals surface area contributed by atoms with Crippen molar-refractivity contribution in [2.75, 3.05) is 12.8 Å². The van der Waals surface area contributed by atoms with Gasteiger partial charge in [0.2, 0.25) is 0 Å². The highest BCUT2D eigenvalue weighted by atomic mass is 16.6. The largest absolute Gasteiger partial charge is 0.496 e. The van der Waals surface area contributed by atoms with Gasteiger partial charge in [0.1, 0.15) is 23.5 Å². The molecule has 3 N–H and O–H groups in total. The summed E-state index contributed by atoms with van der Waals surface area (Å²) >= 11 is 0. The van der Waals surface area contributed by atoms with Crippen molar-refractivity contribution in [3.8, 4) is 29.1 Å². The standard InChI is InChI=1S/C20H21N5O3/c1-20(2,3)28-19(26)25-10-12-6-15(23)17(16(7-12)27-4)18-14(9-22)5-13(8-21)11-24-18/h5-7,11H,10,23H2,1-4H3,(H,25,26). The molecule has 0 bridgehead atoms. The van der Waals surface area contributed by atoms with Crippen molar-refractivity contribution in [3.63, 3.8) is 0 Å². The first-order valence-electron chi connectivity index (χ1n) is 8.42. The molecule has 2 aromatic rings. The number of amides is 1. The molecule has 0 saturated heterocycles. The summed E-state index contributed by atoms with van der Waals surface area (Å²) in [4.78, 5) is 16.0. The number of carbonyl (C=O) groups is 1. The first-order valence-corrected chi connectivity index (χ1v) is 8.42. The lowest BCUT2D eigenvalue weighted by atomic mass is 10.00. The van der Waals surface area contributed by atoms with Crippen LogP contribution in [0, 0.1) is 22.7 Å². The fraction of sp³-hybridized carbons (Fsp3) is 0.300. The zero-order valence-electron chi connectivity index (χ0n) is 16.2. The van der Waals surface area contributed by atoms with E-state index in [9.17, 15) is 10.1 Å². The number of alkyl carbamates (subject to hydrolysis) is 1. The van der Waals surface area contributed by atoms with Gasteiger partial charge in [0, 0.05) is 18.4 Å². The molecule has 0 spiro atoms. The number of nitrogens with two attached hydrogens (primary N) is 1. The number of rotatable bonds is 4. The summed E-state index contributed by atoms with van der Waals surface area (Å²) < 4.78 is 10.6. The second kappa shape index (κ2) is 8.28. The summed E-state index contributed by atoms with van der Waals surface area (Å²) in [6.45, 7) is 5.51. The zero-order valence-corrected chi connectivity index (χ0v) is 16.2. The lowest BCUT2D eigenvalue weighted by Gasteiger charge is -2.20. The number of carbonyl (C=O) groups excluding carboxylic acids is 1. The molecule has 0 saturated carbocycles. The Labute approximate surface area is 163 Å². The van der Waals surface area contributed by atoms with Gasteiger partial charge >= 0.3 is 6.09 Å². The molecule has 8 heteroatoms. The SMILES string of the molecule is COc1cc(CNC(=O)OC(C)(C)C)cc(N)c1-c1ncc(C#N)cc1C#N. The minimum Gasteiger partial charge on any atom is -0.496 e. The van der Waals surface area contributed by atoms with Crippen molar-refractivity contribution >= 4 is 11.8 Å². The number of benzene rings is 1. The minimum absolute atomic E-state index is 0.182. The van der Waals surface area contributed by atoms with Gasteiger partial charge in [-0.25, -0.2) is 4.79 Å². The van der Waals surface area contributed by atoms with E-state index in [0.29, 0.717) is 28.3 Å². The lowest BCUT2D eigenvalue weighted by molar-refractivity contribution is 0.0523. The number of ether oxygens (including phenoxy) is 2. The molecule has 0 unspecified atom stereocenters. The van der Waals surface area contributed by atoms with Crippen molar-refractivity contribution in [2.24, 2.45) is 0 Å². The summed E-state index contributed by atoms with van der Waals surface area (Å²) in [6.07, 6.45) is 0.821. The predicted molar refractivity (Wildman–Crippen MR) is 103 cm³/mol. The highest BCUT2D eigenvalue weighted by Crippen LogP contribution is 2.37. The first-order chi connectivity index (χ1) is 13.2. The Bertz CT molecular complexity index is 981. The quantitative estimate of drug-likeness (QED) is 0.779. The first kappa shape index (κ1) is 20.5. The minimum atomic E-state index is -0.598. The van der Waals surface area contributed by atoms with Crippen molar-refractivity contribution in [1.82, 2.24) is 10.3 Å². The Hall–Kier alpha value is -3.78. The zero-order chi connectivity index (χ0) is 20.9. The van der Waals surface area contributed by atoms with E-state index >= 15 is 0 Å². The third kappa shape index (κ3) is 4.89. The van der Waals surface area contributed by atoms with Gasteiger partial charge in [0.05, 0.1) is 29.5 Å². The number of hydrogen-bond donors (Lipinski definition) is 2. The third-order valence-corrected chi connectivity index (χ3v) is 3.62. The van der Waals surface area contributed by atoms with Gasteiger partial charge in [-0.15, -0.1) is 0 Å². The molecule has 28 heavy (non-hydrogen) atoms. The number of nitrogens with one attached hydrogen (secondary N) is 1. The maximum atomic E-state index is 11.8. The smallest absolute Gasteiger partial charge is 0.407 e. The number of methoxy groups -OCH3 is 1. The number of hydrogen-bond acceptors (Lipinski definition) is 7. The lowest BCUT2D eigenvalue weighted by Crippen LogP contribution is -2.32. The second-order valence-corrected chi connectivity index (χ2v) is 6.96. The number of nitriles is 2. The van der Waals surface area contributed by atoms with Crippen LogP contribution >= 0.6 is 0 Å². The molecule has 0 aliphatic heterocycles. The number of pyridine rings is 1. The van der Waals surface area contributed by atoms with Crippen LogP contribution in [0.3, 0.4) is 0 Å². The Balaban J connectivity index is 2.36. The molecule has 0 aliphatic carbocycles. The number of nitrogen functional groups attached to an aromatic ring is 1. The van der Waals surface area contributed by atoms with E-state index in [0.717, 1.165) is 0 Å². The van der Waals surface area contributed by atoms with Gasteiger partial charge < -0.3 is 20.5 Å². The van der Waals surface area contributed by atoms with Crippen LogP contribution in [0.15, 0.2) is 24.4 Å². The molecule has 144 valence electrons. The number of nitrogens with zero attached hydrogens (tertiary/aromatic N) is 3. The Morgan fingerprint density at radius 1 is 1.25 bits per heavy atom.